The number of rotatable bonds is 5. The summed E-state index contributed by atoms with van der Waals surface area (Å²) in [5.41, 5.74) is 11.9. The van der Waals surface area contributed by atoms with Gasteiger partial charge in [-0.15, -0.1) is 0 Å². The van der Waals surface area contributed by atoms with Crippen molar-refractivity contribution in [1.82, 2.24) is 9.13 Å². The average Bonchev–Trinajstić information content (AvgIpc) is 3.92. The maximum Gasteiger partial charge on any atom is 0.137 e. The number of para-hydroxylation sites is 4. The molecule has 0 aliphatic carbocycles. The van der Waals surface area contributed by atoms with Crippen molar-refractivity contribution in [2.45, 2.75) is 0 Å². The second kappa shape index (κ2) is 12.0. The van der Waals surface area contributed by atoms with Crippen molar-refractivity contribution in [2.75, 3.05) is 4.90 Å². The summed E-state index contributed by atoms with van der Waals surface area (Å²) in [5, 5.41) is 9.61. The van der Waals surface area contributed by atoms with Crippen molar-refractivity contribution in [1.29, 1.82) is 0 Å². The highest BCUT2D eigenvalue weighted by molar-refractivity contribution is 6.19. The van der Waals surface area contributed by atoms with Crippen LogP contribution in [0.2, 0.25) is 0 Å². The number of fused-ring (bicyclic) bond motifs is 11. The molecule has 3 heterocycles. The SMILES string of the molecule is c1ccc(-n2c3ccccc3c3ccc(N(c4ccc(-n5c6ccccc6c6ccc7ccccc7c65)cc4)c4cccc5oc6ccccc6c45)cc32)cc1. The molecule has 0 N–H and O–H groups in total. The zero-order valence-electron chi connectivity index (χ0n) is 30.3. The van der Waals surface area contributed by atoms with Gasteiger partial charge in [-0.2, -0.15) is 0 Å². The topological polar surface area (TPSA) is 26.2 Å². The molecule has 0 saturated heterocycles. The Hall–Kier alpha value is -7.56. The highest BCUT2D eigenvalue weighted by Gasteiger charge is 2.22. The van der Waals surface area contributed by atoms with E-state index in [1.807, 2.05) is 6.07 Å². The summed E-state index contributed by atoms with van der Waals surface area (Å²) in [5.74, 6) is 0. The van der Waals surface area contributed by atoms with Crippen LogP contribution in [0.3, 0.4) is 0 Å². The summed E-state index contributed by atoms with van der Waals surface area (Å²) in [6, 6.07) is 72.0. The molecule has 12 rings (SSSR count). The number of hydrogen-bond donors (Lipinski definition) is 0. The van der Waals surface area contributed by atoms with Gasteiger partial charge in [0.05, 0.1) is 33.1 Å². The van der Waals surface area contributed by atoms with E-state index >= 15 is 0 Å². The molecular formula is C52H33N3O. The second-order valence-corrected chi connectivity index (χ2v) is 14.5. The standard InChI is InChI=1S/C52H33N3O/c1-2-14-35(15-3-1)54-45-20-9-6-17-40(45)42-32-30-38(33-48(42)54)53(47-22-12-24-50-51(47)44-19-8-11-23-49(44)56-50)36-26-28-37(29-27-36)55-46-21-10-7-18-41(46)43-31-25-34-13-4-5-16-39(34)52(43)55/h1-33H. The van der Waals surface area contributed by atoms with Gasteiger partial charge in [-0.3, -0.25) is 0 Å². The van der Waals surface area contributed by atoms with Crippen LogP contribution in [0.25, 0.3) is 87.7 Å². The Kier molecular flexibility index (Phi) is 6.60. The fraction of sp³-hybridized carbons (Fsp3) is 0. The minimum Gasteiger partial charge on any atom is -0.456 e. The molecule has 4 nitrogen and oxygen atoms in total. The van der Waals surface area contributed by atoms with Crippen LogP contribution in [0.4, 0.5) is 17.1 Å². The third-order valence-electron chi connectivity index (χ3n) is 11.5. The van der Waals surface area contributed by atoms with E-state index in [9.17, 15) is 0 Å². The van der Waals surface area contributed by atoms with Gasteiger partial charge in [0, 0.05) is 55.1 Å². The first-order chi connectivity index (χ1) is 27.8. The van der Waals surface area contributed by atoms with E-state index in [1.54, 1.807) is 0 Å². The number of aromatic nitrogens is 2. The fourth-order valence-corrected chi connectivity index (χ4v) is 9.07. The van der Waals surface area contributed by atoms with E-state index in [4.69, 9.17) is 4.42 Å². The van der Waals surface area contributed by atoms with E-state index in [1.165, 1.54) is 48.9 Å². The molecule has 0 aliphatic heterocycles. The Morgan fingerprint density at radius 3 is 1.77 bits per heavy atom. The molecule has 0 unspecified atom stereocenters. The van der Waals surface area contributed by atoms with E-state index in [0.29, 0.717) is 0 Å². The Morgan fingerprint density at radius 2 is 0.946 bits per heavy atom. The van der Waals surface area contributed by atoms with Gasteiger partial charge in [0.2, 0.25) is 0 Å². The number of furan rings is 1. The molecule has 0 fully saturated rings. The molecule has 4 heteroatoms. The molecule has 262 valence electrons. The molecule has 3 aromatic heterocycles. The highest BCUT2D eigenvalue weighted by Crippen LogP contribution is 2.45. The first kappa shape index (κ1) is 30.9. The Labute approximate surface area is 322 Å². The summed E-state index contributed by atoms with van der Waals surface area (Å²) in [7, 11) is 0. The van der Waals surface area contributed by atoms with Gasteiger partial charge in [0.1, 0.15) is 11.2 Å². The lowest BCUT2D eigenvalue weighted by Crippen LogP contribution is -2.11. The molecule has 0 atom stereocenters. The fourth-order valence-electron chi connectivity index (χ4n) is 9.07. The predicted octanol–water partition coefficient (Wildman–Crippen LogP) is 14.4. The third-order valence-corrected chi connectivity index (χ3v) is 11.5. The highest BCUT2D eigenvalue weighted by atomic mass is 16.3. The van der Waals surface area contributed by atoms with Crippen molar-refractivity contribution < 1.29 is 4.42 Å². The maximum atomic E-state index is 6.45. The van der Waals surface area contributed by atoms with Gasteiger partial charge in [-0.25, -0.2) is 0 Å². The van der Waals surface area contributed by atoms with Gasteiger partial charge in [0.25, 0.3) is 0 Å². The second-order valence-electron chi connectivity index (χ2n) is 14.5. The first-order valence-electron chi connectivity index (χ1n) is 19.1. The molecule has 0 saturated carbocycles. The summed E-state index contributed by atoms with van der Waals surface area (Å²) in [6.45, 7) is 0. The van der Waals surface area contributed by atoms with Gasteiger partial charge >= 0.3 is 0 Å². The van der Waals surface area contributed by atoms with Gasteiger partial charge in [-0.1, -0.05) is 121 Å². The predicted molar refractivity (Wildman–Crippen MR) is 235 cm³/mol. The van der Waals surface area contributed by atoms with Gasteiger partial charge < -0.3 is 18.5 Å². The van der Waals surface area contributed by atoms with Crippen molar-refractivity contribution in [3.63, 3.8) is 0 Å². The lowest BCUT2D eigenvalue weighted by molar-refractivity contribution is 0.669. The zero-order valence-corrected chi connectivity index (χ0v) is 30.3. The van der Waals surface area contributed by atoms with E-state index in [-0.39, 0.29) is 0 Å². The largest absolute Gasteiger partial charge is 0.456 e. The summed E-state index contributed by atoms with van der Waals surface area (Å²) >= 11 is 0. The lowest BCUT2D eigenvalue weighted by atomic mass is 10.1. The average molecular weight is 716 g/mol. The quantitative estimate of drug-likeness (QED) is 0.177. The van der Waals surface area contributed by atoms with E-state index < -0.39 is 0 Å². The maximum absolute atomic E-state index is 6.45. The normalized spacial score (nSPS) is 11.9. The summed E-state index contributed by atoms with van der Waals surface area (Å²) < 4.78 is 11.3. The Bertz CT molecular complexity index is 3480. The minimum atomic E-state index is 0.863. The van der Waals surface area contributed by atoms with Crippen LogP contribution in [0.1, 0.15) is 0 Å². The van der Waals surface area contributed by atoms with Crippen molar-refractivity contribution >= 4 is 93.4 Å². The molecule has 0 radical (unpaired) electrons. The first-order valence-corrected chi connectivity index (χ1v) is 19.1. The minimum absolute atomic E-state index is 0.863. The van der Waals surface area contributed by atoms with E-state index in [2.05, 4.69) is 208 Å². The van der Waals surface area contributed by atoms with Gasteiger partial charge in [-0.05, 0) is 84.2 Å². The Balaban J connectivity index is 1.11. The number of nitrogens with zero attached hydrogens (tertiary/aromatic N) is 3. The van der Waals surface area contributed by atoms with Gasteiger partial charge in [0.15, 0.2) is 0 Å². The summed E-state index contributed by atoms with van der Waals surface area (Å²) in [6.07, 6.45) is 0. The smallest absolute Gasteiger partial charge is 0.137 e. The number of hydrogen-bond acceptors (Lipinski definition) is 2. The number of anilines is 3. The molecule has 12 aromatic rings. The van der Waals surface area contributed by atoms with E-state index in [0.717, 1.165) is 55.9 Å². The van der Waals surface area contributed by atoms with Crippen molar-refractivity contribution in [2.24, 2.45) is 0 Å². The van der Waals surface area contributed by atoms with Crippen molar-refractivity contribution in [3.05, 3.63) is 200 Å². The summed E-state index contributed by atoms with van der Waals surface area (Å²) in [4.78, 5) is 2.39. The van der Waals surface area contributed by atoms with Crippen LogP contribution in [-0.4, -0.2) is 9.13 Å². The van der Waals surface area contributed by atoms with Crippen LogP contribution in [0, 0.1) is 0 Å². The van der Waals surface area contributed by atoms with Crippen LogP contribution >= 0.6 is 0 Å². The monoisotopic (exact) mass is 715 g/mol. The molecule has 56 heavy (non-hydrogen) atoms. The lowest BCUT2D eigenvalue weighted by Gasteiger charge is -2.27. The van der Waals surface area contributed by atoms with Crippen LogP contribution < -0.4 is 4.90 Å². The third kappa shape index (κ3) is 4.47. The zero-order chi connectivity index (χ0) is 36.7. The van der Waals surface area contributed by atoms with Crippen LogP contribution in [0.15, 0.2) is 205 Å². The Morgan fingerprint density at radius 1 is 0.357 bits per heavy atom. The van der Waals surface area contributed by atoms with Crippen LogP contribution in [0.5, 0.6) is 0 Å². The van der Waals surface area contributed by atoms with Crippen LogP contribution in [-0.2, 0) is 0 Å². The molecule has 0 aliphatic rings. The number of benzene rings is 9. The molecule has 0 spiro atoms. The molecule has 0 amide bonds. The van der Waals surface area contributed by atoms with Crippen molar-refractivity contribution in [3.8, 4) is 11.4 Å². The molecule has 0 bridgehead atoms. The molecular weight excluding hydrogens is 683 g/mol. The molecule has 9 aromatic carbocycles.